The summed E-state index contributed by atoms with van der Waals surface area (Å²) < 4.78 is 5.34. The van der Waals surface area contributed by atoms with Crippen molar-refractivity contribution >= 4 is 23.0 Å². The number of hydrogen-bond acceptors (Lipinski definition) is 6. The zero-order valence-corrected chi connectivity index (χ0v) is 15.8. The van der Waals surface area contributed by atoms with Gasteiger partial charge in [-0.15, -0.1) is 0 Å². The molecule has 0 aliphatic carbocycles. The van der Waals surface area contributed by atoms with Crippen molar-refractivity contribution in [1.82, 2.24) is 4.90 Å². The van der Waals surface area contributed by atoms with E-state index in [1.807, 2.05) is 24.3 Å². The highest BCUT2D eigenvalue weighted by Crippen LogP contribution is 2.21. The standard InChI is InChI=1S/C20H24N4O4/c1-2-22-10-12-23(13-11-22)17-8-6-16(7-9-17)21-20(25)15-28-19-5-3-4-18(14-19)24(26)27/h3-9,14H,2,10-13,15H2,1H3,(H,21,25). The maximum absolute atomic E-state index is 12.1. The molecule has 0 unspecified atom stereocenters. The van der Waals surface area contributed by atoms with Crippen LogP contribution in [0.2, 0.25) is 0 Å². The molecule has 28 heavy (non-hydrogen) atoms. The SMILES string of the molecule is CCN1CCN(c2ccc(NC(=O)COc3cccc([N+](=O)[O-])c3)cc2)CC1. The molecular formula is C20H24N4O4. The summed E-state index contributed by atoms with van der Waals surface area (Å²) in [5, 5.41) is 13.5. The van der Waals surface area contributed by atoms with Crippen LogP contribution in [0.5, 0.6) is 5.75 Å². The first-order valence-electron chi connectivity index (χ1n) is 9.29. The Labute approximate surface area is 163 Å². The third-order valence-electron chi connectivity index (χ3n) is 4.73. The molecule has 0 spiro atoms. The molecule has 1 heterocycles. The number of nitrogens with zero attached hydrogens (tertiary/aromatic N) is 3. The van der Waals surface area contributed by atoms with E-state index in [2.05, 4.69) is 22.0 Å². The quantitative estimate of drug-likeness (QED) is 0.583. The smallest absolute Gasteiger partial charge is 0.273 e. The van der Waals surface area contributed by atoms with Crippen LogP contribution in [0.1, 0.15) is 6.92 Å². The summed E-state index contributed by atoms with van der Waals surface area (Å²) in [6.07, 6.45) is 0. The number of nitro groups is 1. The van der Waals surface area contributed by atoms with Gasteiger partial charge in [-0.05, 0) is 36.9 Å². The van der Waals surface area contributed by atoms with Gasteiger partial charge >= 0.3 is 0 Å². The summed E-state index contributed by atoms with van der Waals surface area (Å²) in [5.41, 5.74) is 1.75. The highest BCUT2D eigenvalue weighted by Gasteiger charge is 2.15. The Hall–Kier alpha value is -3.13. The molecule has 2 aromatic carbocycles. The maximum Gasteiger partial charge on any atom is 0.273 e. The third-order valence-corrected chi connectivity index (χ3v) is 4.73. The Morgan fingerprint density at radius 3 is 2.50 bits per heavy atom. The molecule has 0 radical (unpaired) electrons. The minimum absolute atomic E-state index is 0.0757. The van der Waals surface area contributed by atoms with Gasteiger partial charge in [0, 0.05) is 43.6 Å². The third kappa shape index (κ3) is 5.20. The lowest BCUT2D eigenvalue weighted by atomic mass is 10.2. The van der Waals surface area contributed by atoms with Gasteiger partial charge in [-0.3, -0.25) is 14.9 Å². The molecule has 0 aromatic heterocycles. The topological polar surface area (TPSA) is 88.0 Å². The van der Waals surface area contributed by atoms with Gasteiger partial charge in [0.05, 0.1) is 11.0 Å². The first kappa shape index (κ1) is 19.6. The number of non-ortho nitro benzene ring substituents is 1. The Balaban J connectivity index is 1.49. The highest BCUT2D eigenvalue weighted by molar-refractivity contribution is 5.92. The number of nitrogens with one attached hydrogen (secondary N) is 1. The van der Waals surface area contributed by atoms with E-state index in [0.29, 0.717) is 5.69 Å². The van der Waals surface area contributed by atoms with Crippen LogP contribution in [0.25, 0.3) is 0 Å². The number of likely N-dealkylation sites (N-methyl/N-ethyl adjacent to an activating group) is 1. The number of hydrogen-bond donors (Lipinski definition) is 1. The van der Waals surface area contributed by atoms with Gasteiger partial charge in [0.2, 0.25) is 0 Å². The van der Waals surface area contributed by atoms with Crippen LogP contribution in [-0.2, 0) is 4.79 Å². The first-order chi connectivity index (χ1) is 13.5. The summed E-state index contributed by atoms with van der Waals surface area (Å²) in [6.45, 7) is 7.15. The average molecular weight is 384 g/mol. The maximum atomic E-state index is 12.1. The van der Waals surface area contributed by atoms with E-state index < -0.39 is 4.92 Å². The van der Waals surface area contributed by atoms with Crippen molar-refractivity contribution in [1.29, 1.82) is 0 Å². The number of nitro benzene ring substituents is 1. The predicted molar refractivity (Wildman–Crippen MR) is 108 cm³/mol. The average Bonchev–Trinajstić information content (AvgIpc) is 2.73. The number of carbonyl (C=O) groups excluding carboxylic acids is 1. The number of anilines is 2. The molecule has 0 saturated carbocycles. The van der Waals surface area contributed by atoms with Crippen LogP contribution in [0.4, 0.5) is 17.1 Å². The van der Waals surface area contributed by atoms with Crippen LogP contribution >= 0.6 is 0 Å². The van der Waals surface area contributed by atoms with Crippen LogP contribution in [0, 0.1) is 10.1 Å². The Bertz CT molecular complexity index is 817. The molecule has 1 fully saturated rings. The molecular weight excluding hydrogens is 360 g/mol. The van der Waals surface area contributed by atoms with E-state index in [0.717, 1.165) is 38.4 Å². The largest absolute Gasteiger partial charge is 0.484 e. The van der Waals surface area contributed by atoms with Gasteiger partial charge in [0.15, 0.2) is 6.61 Å². The van der Waals surface area contributed by atoms with Gasteiger partial charge in [-0.1, -0.05) is 13.0 Å². The predicted octanol–water partition coefficient (Wildman–Crippen LogP) is 2.75. The minimum Gasteiger partial charge on any atom is -0.484 e. The number of rotatable bonds is 7. The molecule has 148 valence electrons. The molecule has 0 bridgehead atoms. The van der Waals surface area contributed by atoms with Gasteiger partial charge in [-0.2, -0.15) is 0 Å². The summed E-state index contributed by atoms with van der Waals surface area (Å²) in [6, 6.07) is 13.5. The van der Waals surface area contributed by atoms with Gasteiger partial charge in [-0.25, -0.2) is 0 Å². The molecule has 1 N–H and O–H groups in total. The van der Waals surface area contributed by atoms with E-state index in [1.54, 1.807) is 6.07 Å². The fraction of sp³-hybridized carbons (Fsp3) is 0.350. The van der Waals surface area contributed by atoms with Crippen LogP contribution in [0.3, 0.4) is 0 Å². The monoisotopic (exact) mass is 384 g/mol. The second-order valence-electron chi connectivity index (χ2n) is 6.56. The molecule has 8 heteroatoms. The lowest BCUT2D eigenvalue weighted by Crippen LogP contribution is -2.46. The summed E-state index contributed by atoms with van der Waals surface area (Å²) in [4.78, 5) is 27.1. The normalized spacial score (nSPS) is 14.5. The van der Waals surface area contributed by atoms with Crippen LogP contribution in [0.15, 0.2) is 48.5 Å². The summed E-state index contributed by atoms with van der Waals surface area (Å²) in [5.74, 6) is -0.0401. The lowest BCUT2D eigenvalue weighted by molar-refractivity contribution is -0.384. The number of benzene rings is 2. The van der Waals surface area contributed by atoms with E-state index in [9.17, 15) is 14.9 Å². The Kier molecular flexibility index (Phi) is 6.44. The summed E-state index contributed by atoms with van der Waals surface area (Å²) in [7, 11) is 0. The Morgan fingerprint density at radius 1 is 1.14 bits per heavy atom. The van der Waals surface area contributed by atoms with Crippen molar-refractivity contribution in [2.24, 2.45) is 0 Å². The molecule has 2 aromatic rings. The van der Waals surface area contributed by atoms with Crippen molar-refractivity contribution in [2.45, 2.75) is 6.92 Å². The van der Waals surface area contributed by atoms with Crippen LogP contribution in [-0.4, -0.2) is 55.1 Å². The van der Waals surface area contributed by atoms with E-state index in [4.69, 9.17) is 4.74 Å². The van der Waals surface area contributed by atoms with Crippen LogP contribution < -0.4 is 15.0 Å². The Morgan fingerprint density at radius 2 is 1.86 bits per heavy atom. The molecule has 0 atom stereocenters. The molecule has 1 saturated heterocycles. The molecule has 3 rings (SSSR count). The second kappa shape index (κ2) is 9.18. The number of piperazine rings is 1. The number of carbonyl (C=O) groups is 1. The van der Waals surface area contributed by atoms with E-state index in [1.165, 1.54) is 18.2 Å². The van der Waals surface area contributed by atoms with Gasteiger partial charge in [0.25, 0.3) is 11.6 Å². The number of ether oxygens (including phenoxy) is 1. The van der Waals surface area contributed by atoms with Gasteiger partial charge < -0.3 is 19.9 Å². The second-order valence-corrected chi connectivity index (χ2v) is 6.56. The summed E-state index contributed by atoms with van der Waals surface area (Å²) >= 11 is 0. The van der Waals surface area contributed by atoms with E-state index >= 15 is 0 Å². The number of amides is 1. The van der Waals surface area contributed by atoms with Crippen molar-refractivity contribution in [2.75, 3.05) is 49.5 Å². The molecule has 1 aliphatic rings. The molecule has 8 nitrogen and oxygen atoms in total. The van der Waals surface area contributed by atoms with Crippen molar-refractivity contribution in [3.8, 4) is 5.75 Å². The zero-order valence-electron chi connectivity index (χ0n) is 15.8. The van der Waals surface area contributed by atoms with E-state index in [-0.39, 0.29) is 24.0 Å². The zero-order chi connectivity index (χ0) is 19.9. The molecule has 1 amide bonds. The fourth-order valence-corrected chi connectivity index (χ4v) is 3.11. The fourth-order valence-electron chi connectivity index (χ4n) is 3.11. The van der Waals surface area contributed by atoms with Crippen molar-refractivity contribution < 1.29 is 14.5 Å². The lowest BCUT2D eigenvalue weighted by Gasteiger charge is -2.35. The first-order valence-corrected chi connectivity index (χ1v) is 9.29. The highest BCUT2D eigenvalue weighted by atomic mass is 16.6. The van der Waals surface area contributed by atoms with Crippen molar-refractivity contribution in [3.05, 3.63) is 58.6 Å². The minimum atomic E-state index is -0.503. The van der Waals surface area contributed by atoms with Crippen molar-refractivity contribution in [3.63, 3.8) is 0 Å². The van der Waals surface area contributed by atoms with Gasteiger partial charge in [0.1, 0.15) is 5.75 Å². The molecule has 1 aliphatic heterocycles.